The number of aromatic nitrogens is 3. The maximum Gasteiger partial charge on any atom is 0.405 e. The highest BCUT2D eigenvalue weighted by Gasteiger charge is 2.32. The summed E-state index contributed by atoms with van der Waals surface area (Å²) < 4.78 is 72.8. The summed E-state index contributed by atoms with van der Waals surface area (Å²) in [5.41, 5.74) is -1.11. The van der Waals surface area contributed by atoms with Crippen molar-refractivity contribution in [2.45, 2.75) is 25.1 Å². The molecule has 4 heterocycles. The summed E-state index contributed by atoms with van der Waals surface area (Å²) in [5.74, 6) is -2.36. The number of pyridine rings is 2. The highest BCUT2D eigenvalue weighted by Crippen LogP contribution is 2.26. The molecule has 1 unspecified atom stereocenters. The summed E-state index contributed by atoms with van der Waals surface area (Å²) in [6.45, 7) is -0.664. The lowest BCUT2D eigenvalue weighted by Crippen LogP contribution is -2.38. The Kier molecular flexibility index (Phi) is 6.70. The number of rotatable bonds is 7. The van der Waals surface area contributed by atoms with Gasteiger partial charge >= 0.3 is 6.18 Å². The molecule has 0 aliphatic carbocycles. The van der Waals surface area contributed by atoms with Crippen LogP contribution in [0.4, 0.5) is 27.6 Å². The zero-order chi connectivity index (χ0) is 25.3. The Morgan fingerprint density at radius 1 is 1.26 bits per heavy atom. The van der Waals surface area contributed by atoms with Crippen LogP contribution in [0.5, 0.6) is 0 Å². The third-order valence-corrected chi connectivity index (χ3v) is 5.65. The van der Waals surface area contributed by atoms with E-state index in [2.05, 4.69) is 15.3 Å². The lowest BCUT2D eigenvalue weighted by atomic mass is 10.1. The molecule has 1 fully saturated rings. The van der Waals surface area contributed by atoms with Gasteiger partial charge in [0.25, 0.3) is 5.91 Å². The first-order valence-electron chi connectivity index (χ1n) is 10.6. The van der Waals surface area contributed by atoms with Gasteiger partial charge in [-0.1, -0.05) is 0 Å². The fourth-order valence-corrected chi connectivity index (χ4v) is 4.07. The summed E-state index contributed by atoms with van der Waals surface area (Å²) >= 11 is 0. The number of likely N-dealkylation sites (tertiary alicyclic amines) is 1. The molecule has 35 heavy (non-hydrogen) atoms. The van der Waals surface area contributed by atoms with Crippen LogP contribution < -0.4 is 5.32 Å². The average Bonchev–Trinajstić information content (AvgIpc) is 3.43. The van der Waals surface area contributed by atoms with Crippen LogP contribution in [0, 0.1) is 17.0 Å². The Balaban J connectivity index is 1.72. The smallest absolute Gasteiger partial charge is 0.383 e. The quantitative estimate of drug-likeness (QED) is 0.385. The van der Waals surface area contributed by atoms with Gasteiger partial charge in [-0.2, -0.15) is 13.2 Å². The van der Waals surface area contributed by atoms with Crippen LogP contribution in [-0.2, 0) is 4.74 Å². The monoisotopic (exact) mass is 496 g/mol. The van der Waals surface area contributed by atoms with Crippen molar-refractivity contribution in [2.75, 3.05) is 32.1 Å². The molecule has 3 aromatic heterocycles. The van der Waals surface area contributed by atoms with Gasteiger partial charge in [-0.25, -0.2) is 13.8 Å². The van der Waals surface area contributed by atoms with Gasteiger partial charge in [0.05, 0.1) is 30.3 Å². The lowest BCUT2D eigenvalue weighted by molar-refractivity contribution is -0.115. The Bertz CT molecular complexity index is 1280. The number of amides is 1. The van der Waals surface area contributed by atoms with Crippen LogP contribution in [0.3, 0.4) is 0 Å². The van der Waals surface area contributed by atoms with Crippen LogP contribution in [0.2, 0.25) is 0 Å². The minimum absolute atomic E-state index is 0.0750. The van der Waals surface area contributed by atoms with Gasteiger partial charge in [0.1, 0.15) is 18.1 Å². The fraction of sp³-hybridized carbons (Fsp3) is 0.364. The molecule has 0 radical (unpaired) electrons. The number of ether oxygens (including phenoxy) is 1. The highest BCUT2D eigenvalue weighted by molar-refractivity contribution is 6.13. The van der Waals surface area contributed by atoms with Gasteiger partial charge in [0, 0.05) is 43.4 Å². The van der Waals surface area contributed by atoms with E-state index in [-0.39, 0.29) is 34.3 Å². The van der Waals surface area contributed by atoms with Crippen molar-refractivity contribution < 1.29 is 31.5 Å². The Hall–Kier alpha value is -3.61. The topological polar surface area (TPSA) is 95.6 Å². The number of nitrogens with zero attached hydrogens (tertiary/aromatic N) is 4. The molecule has 1 amide bonds. The van der Waals surface area contributed by atoms with Gasteiger partial charge in [0.2, 0.25) is 0 Å². The van der Waals surface area contributed by atoms with Crippen LogP contribution in [0.15, 0.2) is 30.7 Å². The van der Waals surface area contributed by atoms with Crippen molar-refractivity contribution >= 4 is 23.0 Å². The van der Waals surface area contributed by atoms with Crippen LogP contribution in [0.1, 0.15) is 34.6 Å². The highest BCUT2D eigenvalue weighted by atomic mass is 19.4. The number of alkyl halides is 3. The maximum atomic E-state index is 14.0. The molecule has 0 bridgehead atoms. The van der Waals surface area contributed by atoms with Crippen molar-refractivity contribution in [3.8, 4) is 0 Å². The minimum Gasteiger partial charge on any atom is -0.383 e. The number of carbonyl (C=O) groups is 1. The van der Waals surface area contributed by atoms with E-state index in [1.807, 2.05) is 0 Å². The minimum atomic E-state index is -4.58. The number of methoxy groups -OCH3 is 1. The van der Waals surface area contributed by atoms with E-state index in [1.165, 1.54) is 7.11 Å². The van der Waals surface area contributed by atoms with E-state index in [0.29, 0.717) is 19.2 Å². The van der Waals surface area contributed by atoms with Crippen LogP contribution in [0.25, 0.3) is 5.65 Å². The van der Waals surface area contributed by atoms with Gasteiger partial charge in [-0.3, -0.25) is 19.6 Å². The molecule has 1 aliphatic rings. The molecule has 186 valence electrons. The van der Waals surface area contributed by atoms with Crippen molar-refractivity contribution in [2.24, 2.45) is 0 Å². The van der Waals surface area contributed by atoms with E-state index in [9.17, 15) is 26.7 Å². The molecule has 0 aromatic carbocycles. The third kappa shape index (κ3) is 5.09. The zero-order valence-electron chi connectivity index (χ0n) is 18.5. The molecule has 0 spiro atoms. The predicted octanol–water partition coefficient (Wildman–Crippen LogP) is 3.65. The second-order valence-electron chi connectivity index (χ2n) is 8.05. The van der Waals surface area contributed by atoms with E-state index >= 15 is 0 Å². The first-order valence-corrected chi connectivity index (χ1v) is 10.6. The summed E-state index contributed by atoms with van der Waals surface area (Å²) in [6, 6.07) is 1.59. The first kappa shape index (κ1) is 24.5. The van der Waals surface area contributed by atoms with E-state index in [4.69, 9.17) is 10.1 Å². The molecule has 1 saturated heterocycles. The van der Waals surface area contributed by atoms with Crippen molar-refractivity contribution in [1.82, 2.24) is 19.3 Å². The fourth-order valence-electron chi connectivity index (χ4n) is 4.07. The molecule has 1 atom stereocenters. The molecular formula is C22H21F5N6O2. The molecule has 1 aliphatic heterocycles. The molecular weight excluding hydrogens is 475 g/mol. The Morgan fingerprint density at radius 3 is 2.74 bits per heavy atom. The number of fused-ring (bicyclic) bond motifs is 1. The zero-order valence-corrected chi connectivity index (χ0v) is 18.5. The number of imidazole rings is 1. The predicted molar refractivity (Wildman–Crippen MR) is 116 cm³/mol. The molecule has 3 aromatic rings. The molecule has 0 saturated carbocycles. The molecule has 2 N–H and O–H groups in total. The maximum absolute atomic E-state index is 14.0. The van der Waals surface area contributed by atoms with Gasteiger partial charge < -0.3 is 15.0 Å². The third-order valence-electron chi connectivity index (χ3n) is 5.65. The lowest BCUT2D eigenvalue weighted by Gasteiger charge is -2.24. The summed E-state index contributed by atoms with van der Waals surface area (Å²) in [6.07, 6.45) is -0.00319. The molecule has 4 rings (SSSR count). The van der Waals surface area contributed by atoms with Crippen LogP contribution >= 0.6 is 0 Å². The molecule has 8 nitrogen and oxygen atoms in total. The second-order valence-corrected chi connectivity index (χ2v) is 8.05. The van der Waals surface area contributed by atoms with Crippen molar-refractivity contribution in [3.05, 3.63) is 59.3 Å². The summed E-state index contributed by atoms with van der Waals surface area (Å²) in [4.78, 5) is 22.5. The first-order chi connectivity index (χ1) is 16.6. The number of nitrogens with one attached hydrogen (secondary N) is 2. The van der Waals surface area contributed by atoms with Gasteiger partial charge in [0.15, 0.2) is 11.5 Å². The Labute approximate surface area is 196 Å². The largest absolute Gasteiger partial charge is 0.405 e. The van der Waals surface area contributed by atoms with Crippen molar-refractivity contribution in [1.29, 1.82) is 5.41 Å². The SMILES string of the molecule is COCC1CCCN1C(=O)c1cc(NCC(F)(F)F)c(C(=N)c2cnc3c(F)cc(F)cn23)cn1. The second kappa shape index (κ2) is 9.56. The Morgan fingerprint density at radius 2 is 2.03 bits per heavy atom. The van der Waals surface area contributed by atoms with E-state index < -0.39 is 36.0 Å². The summed E-state index contributed by atoms with van der Waals surface area (Å²) in [5, 5.41) is 10.7. The number of hydrogen-bond donors (Lipinski definition) is 2. The van der Waals surface area contributed by atoms with Gasteiger partial charge in [-0.05, 0) is 18.9 Å². The van der Waals surface area contributed by atoms with Gasteiger partial charge in [-0.15, -0.1) is 0 Å². The number of halogens is 5. The average molecular weight is 496 g/mol. The summed E-state index contributed by atoms with van der Waals surface area (Å²) in [7, 11) is 1.51. The van der Waals surface area contributed by atoms with E-state index in [1.54, 1.807) is 4.90 Å². The number of hydrogen-bond acceptors (Lipinski definition) is 6. The van der Waals surface area contributed by atoms with E-state index in [0.717, 1.165) is 41.9 Å². The van der Waals surface area contributed by atoms with Crippen LogP contribution in [-0.4, -0.2) is 69.9 Å². The number of carbonyl (C=O) groups excluding carboxylic acids is 1. The van der Waals surface area contributed by atoms with Crippen molar-refractivity contribution in [3.63, 3.8) is 0 Å². The number of anilines is 1. The normalized spacial score (nSPS) is 16.2. The standard InChI is InChI=1S/C22H21F5N6O2/c1-35-10-13-3-2-4-32(13)21(34)17-6-16(31-11-22(25,26)27)14(7-29-17)19(28)18-8-30-20-15(24)5-12(23)9-33(18)20/h5-9,13,28H,2-4,10-11H2,1H3,(H,29,31). The molecule has 13 heteroatoms.